The van der Waals surface area contributed by atoms with Crippen molar-refractivity contribution in [2.75, 3.05) is 39.9 Å². The minimum atomic E-state index is -5.08. The van der Waals surface area contributed by atoms with Crippen molar-refractivity contribution in [2.45, 2.75) is 37.7 Å². The van der Waals surface area contributed by atoms with Crippen LogP contribution in [0.15, 0.2) is 48.8 Å². The van der Waals surface area contributed by atoms with E-state index in [-0.39, 0.29) is 0 Å². The standard InChI is InChI=1S/C21H27N3O2.3C2HF3O2/c1-25-20-6-4-17(5-7-20)12-24-15-19-14-23(9-10-26-21(19)16-24)13-18-3-2-8-22-11-18;3*3-2(4,5)1(6)7/h2-8,11,19,21H,9-10,12-16H2,1H3;3*(H,6,7)/t19-,21+;;;/m0.../s1. The highest BCUT2D eigenvalue weighted by atomic mass is 19.4. The molecule has 0 bridgehead atoms. The summed E-state index contributed by atoms with van der Waals surface area (Å²) < 4.78 is 107. The number of ether oxygens (including phenoxy) is 2. The van der Waals surface area contributed by atoms with Crippen molar-refractivity contribution < 1.29 is 78.7 Å². The molecule has 2 fully saturated rings. The van der Waals surface area contributed by atoms with Crippen molar-refractivity contribution >= 4 is 17.9 Å². The maximum atomic E-state index is 10.6. The average molecular weight is 696 g/mol. The van der Waals surface area contributed by atoms with E-state index in [2.05, 4.69) is 33.0 Å². The largest absolute Gasteiger partial charge is 0.497 e. The van der Waals surface area contributed by atoms with Gasteiger partial charge >= 0.3 is 36.4 Å². The Bertz CT molecular complexity index is 1200. The summed E-state index contributed by atoms with van der Waals surface area (Å²) in [4.78, 5) is 36.0. The minimum Gasteiger partial charge on any atom is -0.497 e. The molecule has 0 radical (unpaired) electrons. The summed E-state index contributed by atoms with van der Waals surface area (Å²) in [6, 6.07) is 12.6. The molecule has 2 aromatic rings. The van der Waals surface area contributed by atoms with Crippen LogP contribution in [-0.2, 0) is 32.2 Å². The summed E-state index contributed by atoms with van der Waals surface area (Å²) in [7, 11) is 1.71. The molecular formula is C27H30F9N3O8. The summed E-state index contributed by atoms with van der Waals surface area (Å²) in [6.07, 6.45) is -11.1. The van der Waals surface area contributed by atoms with Crippen molar-refractivity contribution in [1.29, 1.82) is 0 Å². The van der Waals surface area contributed by atoms with Crippen LogP contribution in [0, 0.1) is 5.92 Å². The van der Waals surface area contributed by atoms with Gasteiger partial charge in [0.1, 0.15) is 5.75 Å². The number of carboxylic acid groups (broad SMARTS) is 3. The molecule has 1 aromatic carbocycles. The molecule has 3 heterocycles. The molecular weight excluding hydrogens is 665 g/mol. The van der Waals surface area contributed by atoms with Crippen LogP contribution in [0.5, 0.6) is 5.75 Å². The van der Waals surface area contributed by atoms with Gasteiger partial charge in [0.15, 0.2) is 0 Å². The molecule has 2 saturated heterocycles. The summed E-state index contributed by atoms with van der Waals surface area (Å²) >= 11 is 0. The highest BCUT2D eigenvalue weighted by Gasteiger charge is 2.40. The molecule has 1 aromatic heterocycles. The predicted molar refractivity (Wildman–Crippen MR) is 142 cm³/mol. The van der Waals surface area contributed by atoms with Gasteiger partial charge < -0.3 is 24.8 Å². The first-order valence-electron chi connectivity index (χ1n) is 13.1. The van der Waals surface area contributed by atoms with Crippen LogP contribution >= 0.6 is 0 Å². The maximum absolute atomic E-state index is 10.6. The van der Waals surface area contributed by atoms with Crippen molar-refractivity contribution in [2.24, 2.45) is 5.92 Å². The second-order valence-electron chi connectivity index (χ2n) is 9.72. The molecule has 3 N–H and O–H groups in total. The Morgan fingerprint density at radius 2 is 1.26 bits per heavy atom. The maximum Gasteiger partial charge on any atom is 0.490 e. The Labute approximate surface area is 261 Å². The fourth-order valence-electron chi connectivity index (χ4n) is 4.06. The SMILES string of the molecule is COc1ccc(CN2C[C@@H]3CN(Cc4cccnc4)CCO[C@@H]3C2)cc1.O=C(O)C(F)(F)F.O=C(O)C(F)(F)F.O=C(O)C(F)(F)F. The lowest BCUT2D eigenvalue weighted by Gasteiger charge is -2.23. The van der Waals surface area contributed by atoms with E-state index in [1.54, 1.807) is 7.11 Å². The number of carbonyl (C=O) groups is 3. The first-order chi connectivity index (χ1) is 21.6. The molecule has 0 unspecified atom stereocenters. The van der Waals surface area contributed by atoms with E-state index in [0.717, 1.165) is 51.6 Å². The third-order valence-electron chi connectivity index (χ3n) is 6.11. The number of hydrogen-bond acceptors (Lipinski definition) is 8. The lowest BCUT2D eigenvalue weighted by Crippen LogP contribution is -2.32. The number of rotatable bonds is 5. The highest BCUT2D eigenvalue weighted by molar-refractivity contribution is 5.73. The summed E-state index contributed by atoms with van der Waals surface area (Å²) in [5, 5.41) is 21.4. The first kappa shape index (κ1) is 40.9. The summed E-state index contributed by atoms with van der Waals surface area (Å²) in [5.74, 6) is -6.78. The van der Waals surface area contributed by atoms with E-state index in [0.29, 0.717) is 12.0 Å². The Balaban J connectivity index is 0.000000430. The quantitative estimate of drug-likeness (QED) is 0.384. The van der Waals surface area contributed by atoms with Crippen LogP contribution in [0.25, 0.3) is 0 Å². The number of carboxylic acids is 3. The van der Waals surface area contributed by atoms with Gasteiger partial charge in [-0.05, 0) is 29.3 Å². The third-order valence-corrected chi connectivity index (χ3v) is 6.11. The van der Waals surface area contributed by atoms with Gasteiger partial charge in [0.25, 0.3) is 0 Å². The molecule has 11 nitrogen and oxygen atoms in total. The predicted octanol–water partition coefficient (Wildman–Crippen LogP) is 4.32. The zero-order valence-electron chi connectivity index (χ0n) is 24.3. The summed E-state index contributed by atoms with van der Waals surface area (Å²) in [5.41, 5.74) is 2.61. The second kappa shape index (κ2) is 18.2. The van der Waals surface area contributed by atoms with E-state index < -0.39 is 36.4 Å². The van der Waals surface area contributed by atoms with Crippen LogP contribution in [0.3, 0.4) is 0 Å². The number of aromatic nitrogens is 1. The number of benzene rings is 1. The molecule has 0 saturated carbocycles. The van der Waals surface area contributed by atoms with Gasteiger partial charge in [0, 0.05) is 57.6 Å². The van der Waals surface area contributed by atoms with Crippen molar-refractivity contribution in [3.8, 4) is 5.75 Å². The molecule has 20 heteroatoms. The van der Waals surface area contributed by atoms with Gasteiger partial charge in [0.2, 0.25) is 0 Å². The van der Waals surface area contributed by atoms with Gasteiger partial charge in [0.05, 0.1) is 19.8 Å². The lowest BCUT2D eigenvalue weighted by molar-refractivity contribution is -0.193. The monoisotopic (exact) mass is 695 g/mol. The number of likely N-dealkylation sites (tertiary alicyclic amines) is 1. The molecule has 0 amide bonds. The van der Waals surface area contributed by atoms with Crippen LogP contribution in [-0.4, -0.2) is 113 Å². The first-order valence-corrected chi connectivity index (χ1v) is 13.1. The fraction of sp³-hybridized carbons (Fsp3) is 0.481. The number of aliphatic carboxylic acids is 3. The molecule has 4 rings (SSSR count). The van der Waals surface area contributed by atoms with Crippen LogP contribution in [0.4, 0.5) is 39.5 Å². The van der Waals surface area contributed by atoms with Gasteiger partial charge in [-0.3, -0.25) is 14.8 Å². The number of alkyl halides is 9. The van der Waals surface area contributed by atoms with Crippen LogP contribution in [0.2, 0.25) is 0 Å². The van der Waals surface area contributed by atoms with Gasteiger partial charge in [-0.1, -0.05) is 18.2 Å². The van der Waals surface area contributed by atoms with E-state index >= 15 is 0 Å². The van der Waals surface area contributed by atoms with Crippen molar-refractivity contribution in [1.82, 2.24) is 14.8 Å². The van der Waals surface area contributed by atoms with E-state index in [9.17, 15) is 39.5 Å². The Kier molecular flexibility index (Phi) is 15.9. The van der Waals surface area contributed by atoms with Gasteiger partial charge in [-0.25, -0.2) is 14.4 Å². The topological polar surface area (TPSA) is 150 Å². The number of hydrogen-bond donors (Lipinski definition) is 3. The number of methoxy groups -OCH3 is 1. The summed E-state index contributed by atoms with van der Waals surface area (Å²) in [6.45, 7) is 6.97. The number of pyridine rings is 1. The lowest BCUT2D eigenvalue weighted by atomic mass is 10.1. The molecule has 264 valence electrons. The van der Waals surface area contributed by atoms with Crippen molar-refractivity contribution in [3.63, 3.8) is 0 Å². The van der Waals surface area contributed by atoms with Gasteiger partial charge in [-0.2, -0.15) is 39.5 Å². The highest BCUT2D eigenvalue weighted by Crippen LogP contribution is 2.26. The number of fused-ring (bicyclic) bond motifs is 1. The van der Waals surface area contributed by atoms with E-state index in [4.69, 9.17) is 39.2 Å². The van der Waals surface area contributed by atoms with E-state index in [1.165, 1.54) is 11.1 Å². The molecule has 2 aliphatic rings. The minimum absolute atomic E-state index is 0.354. The number of halogens is 9. The normalized spacial score (nSPS) is 18.4. The molecule has 2 atom stereocenters. The molecule has 0 aliphatic carbocycles. The van der Waals surface area contributed by atoms with Crippen molar-refractivity contribution in [3.05, 3.63) is 59.9 Å². The van der Waals surface area contributed by atoms with Crippen LogP contribution in [0.1, 0.15) is 11.1 Å². The zero-order chi connectivity index (χ0) is 36.0. The smallest absolute Gasteiger partial charge is 0.490 e. The molecule has 47 heavy (non-hydrogen) atoms. The molecule has 2 aliphatic heterocycles. The van der Waals surface area contributed by atoms with Gasteiger partial charge in [-0.15, -0.1) is 0 Å². The molecule has 0 spiro atoms. The fourth-order valence-corrected chi connectivity index (χ4v) is 4.06. The van der Waals surface area contributed by atoms with Crippen LogP contribution < -0.4 is 4.74 Å². The average Bonchev–Trinajstić information content (AvgIpc) is 3.23. The number of nitrogens with zero attached hydrogens (tertiary/aromatic N) is 3. The second-order valence-corrected chi connectivity index (χ2v) is 9.72. The Morgan fingerprint density at radius 3 is 1.68 bits per heavy atom. The Morgan fingerprint density at radius 1 is 0.787 bits per heavy atom. The Hall–Kier alpha value is -4.17. The zero-order valence-corrected chi connectivity index (χ0v) is 24.3. The third kappa shape index (κ3) is 16.3. The van der Waals surface area contributed by atoms with E-state index in [1.807, 2.05) is 30.6 Å².